The number of carbonyl (C=O) groups is 2. The second-order valence-corrected chi connectivity index (χ2v) is 8.41. The zero-order valence-electron chi connectivity index (χ0n) is 18.8. The number of aromatic nitrogens is 2. The molecule has 0 radical (unpaired) electrons. The summed E-state index contributed by atoms with van der Waals surface area (Å²) in [7, 11) is 0. The first kappa shape index (κ1) is 22.7. The third-order valence-corrected chi connectivity index (χ3v) is 6.06. The van der Waals surface area contributed by atoms with Crippen LogP contribution in [0.2, 0.25) is 0 Å². The van der Waals surface area contributed by atoms with E-state index in [9.17, 15) is 14.0 Å². The first-order valence-corrected chi connectivity index (χ1v) is 11.5. The molecule has 0 spiro atoms. The summed E-state index contributed by atoms with van der Waals surface area (Å²) < 4.78 is 15.2. The van der Waals surface area contributed by atoms with Gasteiger partial charge in [0.1, 0.15) is 5.82 Å². The Balaban J connectivity index is 1.46. The van der Waals surface area contributed by atoms with E-state index in [1.165, 1.54) is 12.1 Å². The number of benzene rings is 2. The minimum Gasteiger partial charge on any atom is -0.352 e. The zero-order valence-corrected chi connectivity index (χ0v) is 18.8. The summed E-state index contributed by atoms with van der Waals surface area (Å²) in [6.07, 6.45) is 4.66. The molecule has 1 aliphatic heterocycles. The lowest BCUT2D eigenvalue weighted by molar-refractivity contribution is -0.135. The Labute approximate surface area is 193 Å². The van der Waals surface area contributed by atoms with Gasteiger partial charge in [0.25, 0.3) is 0 Å². The number of piperidine rings is 1. The van der Waals surface area contributed by atoms with Crippen molar-refractivity contribution in [2.45, 2.75) is 39.2 Å². The minimum absolute atomic E-state index is 0.00453. The van der Waals surface area contributed by atoms with Crippen LogP contribution in [0.1, 0.15) is 38.2 Å². The van der Waals surface area contributed by atoms with Crippen LogP contribution in [0.15, 0.2) is 60.8 Å². The molecule has 1 saturated heterocycles. The van der Waals surface area contributed by atoms with Crippen LogP contribution in [-0.4, -0.2) is 39.6 Å². The molecule has 1 N–H and O–H groups in total. The van der Waals surface area contributed by atoms with Crippen LogP contribution in [0.25, 0.3) is 16.9 Å². The van der Waals surface area contributed by atoms with Crippen LogP contribution in [0.5, 0.6) is 0 Å². The molecule has 0 saturated carbocycles. The SMILES string of the molecule is CCCC(=O)N1CCC(C(=O)NCc2cn(-c3ccccc3)nc2-c2ccc(F)cc2)CC1. The van der Waals surface area contributed by atoms with Gasteiger partial charge in [-0.2, -0.15) is 5.10 Å². The van der Waals surface area contributed by atoms with Gasteiger partial charge in [-0.25, -0.2) is 9.07 Å². The highest BCUT2D eigenvalue weighted by Crippen LogP contribution is 2.25. The number of rotatable bonds is 7. The maximum atomic E-state index is 13.4. The zero-order chi connectivity index (χ0) is 23.2. The third-order valence-electron chi connectivity index (χ3n) is 6.06. The number of carbonyl (C=O) groups excluding carboxylic acids is 2. The molecule has 0 atom stereocenters. The highest BCUT2D eigenvalue weighted by atomic mass is 19.1. The lowest BCUT2D eigenvalue weighted by Gasteiger charge is -2.31. The number of halogens is 1. The first-order chi connectivity index (χ1) is 16.0. The highest BCUT2D eigenvalue weighted by molar-refractivity contribution is 5.80. The molecule has 0 unspecified atom stereocenters. The second kappa shape index (κ2) is 10.4. The van der Waals surface area contributed by atoms with Crippen molar-refractivity contribution in [1.29, 1.82) is 0 Å². The van der Waals surface area contributed by atoms with E-state index in [1.807, 2.05) is 48.4 Å². The maximum Gasteiger partial charge on any atom is 0.223 e. The number of nitrogens with one attached hydrogen (secondary N) is 1. The van der Waals surface area contributed by atoms with E-state index < -0.39 is 0 Å². The lowest BCUT2D eigenvalue weighted by atomic mass is 9.95. The van der Waals surface area contributed by atoms with Crippen molar-refractivity contribution in [2.75, 3.05) is 13.1 Å². The van der Waals surface area contributed by atoms with Crippen LogP contribution in [0.3, 0.4) is 0 Å². The van der Waals surface area contributed by atoms with E-state index in [0.29, 0.717) is 44.6 Å². The molecular formula is C26H29FN4O2. The van der Waals surface area contributed by atoms with Gasteiger partial charge < -0.3 is 10.2 Å². The maximum absolute atomic E-state index is 13.4. The van der Waals surface area contributed by atoms with Crippen LogP contribution in [0, 0.1) is 11.7 Å². The molecule has 3 aromatic rings. The van der Waals surface area contributed by atoms with E-state index in [0.717, 1.165) is 23.2 Å². The van der Waals surface area contributed by atoms with Crippen LogP contribution in [-0.2, 0) is 16.1 Å². The molecule has 2 heterocycles. The number of para-hydroxylation sites is 1. The summed E-state index contributed by atoms with van der Waals surface area (Å²) in [6, 6.07) is 15.9. The largest absolute Gasteiger partial charge is 0.352 e. The van der Waals surface area contributed by atoms with Crippen molar-refractivity contribution < 1.29 is 14.0 Å². The van der Waals surface area contributed by atoms with Gasteiger partial charge in [0.2, 0.25) is 11.8 Å². The summed E-state index contributed by atoms with van der Waals surface area (Å²) in [5.41, 5.74) is 3.26. The summed E-state index contributed by atoms with van der Waals surface area (Å²) in [4.78, 5) is 26.8. The second-order valence-electron chi connectivity index (χ2n) is 8.41. The fourth-order valence-electron chi connectivity index (χ4n) is 4.19. The van der Waals surface area contributed by atoms with E-state index in [1.54, 1.807) is 16.8 Å². The van der Waals surface area contributed by atoms with E-state index in [2.05, 4.69) is 5.32 Å². The predicted molar refractivity (Wildman–Crippen MR) is 125 cm³/mol. The number of amides is 2. The Morgan fingerprint density at radius 2 is 1.76 bits per heavy atom. The van der Waals surface area contributed by atoms with Gasteiger partial charge in [0.15, 0.2) is 0 Å². The molecule has 0 bridgehead atoms. The van der Waals surface area contributed by atoms with Crippen molar-refractivity contribution in [2.24, 2.45) is 5.92 Å². The van der Waals surface area contributed by atoms with Gasteiger partial charge in [-0.15, -0.1) is 0 Å². The number of hydrogen-bond donors (Lipinski definition) is 1. The van der Waals surface area contributed by atoms with Crippen LogP contribution in [0.4, 0.5) is 4.39 Å². The van der Waals surface area contributed by atoms with Gasteiger partial charge in [0.05, 0.1) is 11.4 Å². The quantitative estimate of drug-likeness (QED) is 0.585. The fraction of sp³-hybridized carbons (Fsp3) is 0.346. The molecular weight excluding hydrogens is 419 g/mol. The Bertz CT molecular complexity index is 1090. The lowest BCUT2D eigenvalue weighted by Crippen LogP contribution is -2.42. The topological polar surface area (TPSA) is 67.2 Å². The summed E-state index contributed by atoms with van der Waals surface area (Å²) in [5.74, 6) is -0.238. The van der Waals surface area contributed by atoms with Gasteiger partial charge in [0, 0.05) is 49.3 Å². The molecule has 6 nitrogen and oxygen atoms in total. The standard InChI is InChI=1S/C26H29FN4O2/c1-2-6-24(32)30-15-13-20(14-16-30)26(33)28-17-21-18-31(23-7-4-3-5-8-23)29-25(21)19-9-11-22(27)12-10-19/h3-5,7-12,18,20H,2,6,13-17H2,1H3,(H,28,33). The van der Waals surface area contributed by atoms with E-state index >= 15 is 0 Å². The molecule has 172 valence electrons. The molecule has 2 aromatic carbocycles. The van der Waals surface area contributed by atoms with Crippen LogP contribution < -0.4 is 5.32 Å². The van der Waals surface area contributed by atoms with Gasteiger partial charge in [-0.3, -0.25) is 9.59 Å². The normalized spacial score (nSPS) is 14.3. The molecule has 2 amide bonds. The van der Waals surface area contributed by atoms with Crippen molar-refractivity contribution >= 4 is 11.8 Å². The molecule has 4 rings (SSSR count). The average molecular weight is 449 g/mol. The highest BCUT2D eigenvalue weighted by Gasteiger charge is 2.27. The van der Waals surface area contributed by atoms with E-state index in [4.69, 9.17) is 5.10 Å². The smallest absolute Gasteiger partial charge is 0.223 e. The Morgan fingerprint density at radius 1 is 1.06 bits per heavy atom. The van der Waals surface area contributed by atoms with Gasteiger partial charge >= 0.3 is 0 Å². The van der Waals surface area contributed by atoms with Crippen LogP contribution >= 0.6 is 0 Å². The Morgan fingerprint density at radius 3 is 2.42 bits per heavy atom. The number of likely N-dealkylation sites (tertiary alicyclic amines) is 1. The van der Waals surface area contributed by atoms with Gasteiger partial charge in [-0.1, -0.05) is 25.1 Å². The van der Waals surface area contributed by atoms with Crippen molar-refractivity contribution in [3.05, 3.63) is 72.2 Å². The number of nitrogens with zero attached hydrogens (tertiary/aromatic N) is 3. The molecule has 1 fully saturated rings. The molecule has 33 heavy (non-hydrogen) atoms. The summed E-state index contributed by atoms with van der Waals surface area (Å²) in [5, 5.41) is 7.77. The van der Waals surface area contributed by atoms with Gasteiger partial charge in [-0.05, 0) is 55.7 Å². The molecule has 0 aliphatic carbocycles. The van der Waals surface area contributed by atoms with E-state index in [-0.39, 0.29) is 23.5 Å². The average Bonchev–Trinajstić information content (AvgIpc) is 3.28. The van der Waals surface area contributed by atoms with Crippen molar-refractivity contribution in [3.8, 4) is 16.9 Å². The Hall–Kier alpha value is -3.48. The van der Waals surface area contributed by atoms with Crippen molar-refractivity contribution in [1.82, 2.24) is 20.0 Å². The molecule has 1 aromatic heterocycles. The predicted octanol–water partition coefficient (Wildman–Crippen LogP) is 4.33. The monoisotopic (exact) mass is 448 g/mol. The number of hydrogen-bond acceptors (Lipinski definition) is 3. The fourth-order valence-corrected chi connectivity index (χ4v) is 4.19. The third kappa shape index (κ3) is 5.48. The summed E-state index contributed by atoms with van der Waals surface area (Å²) >= 11 is 0. The molecule has 7 heteroatoms. The summed E-state index contributed by atoms with van der Waals surface area (Å²) in [6.45, 7) is 3.58. The van der Waals surface area contributed by atoms with Crippen molar-refractivity contribution in [3.63, 3.8) is 0 Å². The minimum atomic E-state index is -0.306. The Kier molecular flexibility index (Phi) is 7.17. The molecule has 1 aliphatic rings. The first-order valence-electron chi connectivity index (χ1n) is 11.5.